The number of carbonyl (C=O) groups excluding carboxylic acids is 2. The van der Waals surface area contributed by atoms with Crippen molar-refractivity contribution in [3.63, 3.8) is 0 Å². The standard InChI is InChI=1S/C25H25N3O4S/c1-2-17-8-11-20(12-9-17)26-25(30)24(18-6-4-3-5-7-18)28-33(31,32)21-13-14-22-19(16-21)10-15-23(29)27-22/h3-9,11-14,16,24,28H,2,10,15H2,1H3,(H,26,30)(H,27,29)/t24-/m0/s1. The van der Waals surface area contributed by atoms with Crippen LogP contribution in [0.3, 0.4) is 0 Å². The van der Waals surface area contributed by atoms with Gasteiger partial charge in [-0.1, -0.05) is 49.4 Å². The Balaban J connectivity index is 1.61. The summed E-state index contributed by atoms with van der Waals surface area (Å²) in [7, 11) is -4.03. The lowest BCUT2D eigenvalue weighted by Crippen LogP contribution is -2.37. The largest absolute Gasteiger partial charge is 0.326 e. The van der Waals surface area contributed by atoms with Crippen LogP contribution < -0.4 is 15.4 Å². The summed E-state index contributed by atoms with van der Waals surface area (Å²) in [4.78, 5) is 24.8. The second kappa shape index (κ2) is 9.56. The van der Waals surface area contributed by atoms with Crippen molar-refractivity contribution in [1.29, 1.82) is 0 Å². The molecule has 1 atom stereocenters. The molecular formula is C25H25N3O4S. The highest BCUT2D eigenvalue weighted by Gasteiger charge is 2.28. The topological polar surface area (TPSA) is 104 Å². The maximum Gasteiger partial charge on any atom is 0.247 e. The molecule has 8 heteroatoms. The summed E-state index contributed by atoms with van der Waals surface area (Å²) in [6.07, 6.45) is 1.64. The maximum atomic E-state index is 13.2. The van der Waals surface area contributed by atoms with Crippen molar-refractivity contribution in [2.45, 2.75) is 37.1 Å². The number of carbonyl (C=O) groups is 2. The minimum atomic E-state index is -4.03. The highest BCUT2D eigenvalue weighted by molar-refractivity contribution is 7.89. The lowest BCUT2D eigenvalue weighted by Gasteiger charge is -2.21. The third-order valence-electron chi connectivity index (χ3n) is 5.58. The van der Waals surface area contributed by atoms with Crippen molar-refractivity contribution in [3.8, 4) is 0 Å². The van der Waals surface area contributed by atoms with E-state index in [1.807, 2.05) is 19.1 Å². The molecule has 0 fully saturated rings. The monoisotopic (exact) mass is 463 g/mol. The number of nitrogens with one attached hydrogen (secondary N) is 3. The molecule has 3 aromatic carbocycles. The Morgan fingerprint density at radius 3 is 2.42 bits per heavy atom. The van der Waals surface area contributed by atoms with Gasteiger partial charge in [0.1, 0.15) is 6.04 Å². The Morgan fingerprint density at radius 2 is 1.73 bits per heavy atom. The number of sulfonamides is 1. The molecule has 3 N–H and O–H groups in total. The fraction of sp³-hybridized carbons (Fsp3) is 0.200. The Hall–Kier alpha value is -3.49. The van der Waals surface area contributed by atoms with E-state index in [0.717, 1.165) is 17.5 Å². The smallest absolute Gasteiger partial charge is 0.247 e. The Morgan fingerprint density at radius 1 is 1.00 bits per heavy atom. The number of rotatable bonds is 7. The third kappa shape index (κ3) is 5.30. The zero-order valence-corrected chi connectivity index (χ0v) is 19.0. The lowest BCUT2D eigenvalue weighted by atomic mass is 10.0. The van der Waals surface area contributed by atoms with Gasteiger partial charge in [-0.2, -0.15) is 4.72 Å². The highest BCUT2D eigenvalue weighted by Crippen LogP contribution is 2.27. The van der Waals surface area contributed by atoms with Crippen molar-refractivity contribution in [1.82, 2.24) is 4.72 Å². The third-order valence-corrected chi connectivity index (χ3v) is 7.00. The number of benzene rings is 3. The number of hydrogen-bond donors (Lipinski definition) is 3. The van der Waals surface area contributed by atoms with Gasteiger partial charge >= 0.3 is 0 Å². The molecule has 170 valence electrons. The van der Waals surface area contributed by atoms with Crippen LogP contribution in [0.15, 0.2) is 77.7 Å². The molecule has 1 aliphatic rings. The molecule has 0 aromatic heterocycles. The Labute approximate surface area is 193 Å². The van der Waals surface area contributed by atoms with Crippen LogP contribution in [0, 0.1) is 0 Å². The van der Waals surface area contributed by atoms with Crippen LogP contribution in [0.25, 0.3) is 0 Å². The summed E-state index contributed by atoms with van der Waals surface area (Å²) < 4.78 is 29.0. The minimum absolute atomic E-state index is 0.0402. The van der Waals surface area contributed by atoms with Gasteiger partial charge in [0.15, 0.2) is 0 Å². The van der Waals surface area contributed by atoms with Gasteiger partial charge in [-0.3, -0.25) is 9.59 Å². The van der Waals surface area contributed by atoms with Gasteiger partial charge < -0.3 is 10.6 Å². The van der Waals surface area contributed by atoms with E-state index < -0.39 is 22.0 Å². The van der Waals surface area contributed by atoms with Crippen LogP contribution in [0.4, 0.5) is 11.4 Å². The summed E-state index contributed by atoms with van der Waals surface area (Å²) in [6, 6.07) is 19.6. The molecule has 7 nitrogen and oxygen atoms in total. The molecular weight excluding hydrogens is 438 g/mol. The SMILES string of the molecule is CCc1ccc(NC(=O)[C@@H](NS(=O)(=O)c2ccc3c(c2)CCC(=O)N3)c2ccccc2)cc1. The first-order valence-corrected chi connectivity index (χ1v) is 12.2. The second-order valence-corrected chi connectivity index (χ2v) is 9.59. The van der Waals surface area contributed by atoms with Crippen LogP contribution >= 0.6 is 0 Å². The molecule has 0 spiro atoms. The van der Waals surface area contributed by atoms with Gasteiger partial charge in [0, 0.05) is 17.8 Å². The number of fused-ring (bicyclic) bond motifs is 1. The van der Waals surface area contributed by atoms with Gasteiger partial charge in [-0.25, -0.2) is 8.42 Å². The van der Waals surface area contributed by atoms with Crippen LogP contribution in [0.1, 0.15) is 36.1 Å². The fourth-order valence-corrected chi connectivity index (χ4v) is 4.94. The van der Waals surface area contributed by atoms with Crippen molar-refractivity contribution >= 4 is 33.2 Å². The molecule has 0 saturated heterocycles. The molecule has 1 aliphatic heterocycles. The van der Waals surface area contributed by atoms with E-state index in [1.165, 1.54) is 6.07 Å². The van der Waals surface area contributed by atoms with Gasteiger partial charge in [0.25, 0.3) is 0 Å². The summed E-state index contributed by atoms with van der Waals surface area (Å²) in [5.41, 5.74) is 3.60. The number of aryl methyl sites for hydroxylation is 2. The quantitative estimate of drug-likeness (QED) is 0.496. The molecule has 0 unspecified atom stereocenters. The Bertz CT molecular complexity index is 1270. The van der Waals surface area contributed by atoms with Gasteiger partial charge in [-0.05, 0) is 59.9 Å². The van der Waals surface area contributed by atoms with E-state index in [1.54, 1.807) is 54.6 Å². The zero-order valence-electron chi connectivity index (χ0n) is 18.2. The molecule has 4 rings (SSSR count). The van der Waals surface area contributed by atoms with E-state index in [-0.39, 0.29) is 10.8 Å². The van der Waals surface area contributed by atoms with Crippen LogP contribution in [-0.4, -0.2) is 20.2 Å². The average molecular weight is 464 g/mol. The predicted octanol–water partition coefficient (Wildman–Crippen LogP) is 3.79. The average Bonchev–Trinajstić information content (AvgIpc) is 2.83. The van der Waals surface area contributed by atoms with E-state index in [0.29, 0.717) is 29.8 Å². The van der Waals surface area contributed by atoms with Crippen LogP contribution in [0.5, 0.6) is 0 Å². The zero-order chi connectivity index (χ0) is 23.4. The van der Waals surface area contributed by atoms with Gasteiger partial charge in [0.2, 0.25) is 21.8 Å². The van der Waals surface area contributed by atoms with Crippen LogP contribution in [-0.2, 0) is 32.5 Å². The summed E-state index contributed by atoms with van der Waals surface area (Å²) in [5, 5.41) is 5.55. The van der Waals surface area contributed by atoms with E-state index in [9.17, 15) is 18.0 Å². The first kappa shape index (κ1) is 22.7. The number of amides is 2. The molecule has 0 bridgehead atoms. The maximum absolute atomic E-state index is 13.2. The van der Waals surface area contributed by atoms with Gasteiger partial charge in [-0.15, -0.1) is 0 Å². The number of hydrogen-bond acceptors (Lipinski definition) is 4. The lowest BCUT2D eigenvalue weighted by molar-refractivity contribution is -0.118. The second-order valence-electron chi connectivity index (χ2n) is 7.87. The minimum Gasteiger partial charge on any atom is -0.326 e. The molecule has 3 aromatic rings. The number of anilines is 2. The normalized spacial score (nSPS) is 14.2. The summed E-state index contributed by atoms with van der Waals surface area (Å²) in [5.74, 6) is -0.580. The molecule has 1 heterocycles. The Kier molecular flexibility index (Phi) is 6.57. The van der Waals surface area contributed by atoms with Crippen LogP contribution in [0.2, 0.25) is 0 Å². The summed E-state index contributed by atoms with van der Waals surface area (Å²) in [6.45, 7) is 2.04. The molecule has 0 radical (unpaired) electrons. The van der Waals surface area contributed by atoms with Gasteiger partial charge in [0.05, 0.1) is 4.90 Å². The first-order chi connectivity index (χ1) is 15.9. The van der Waals surface area contributed by atoms with E-state index in [2.05, 4.69) is 15.4 Å². The van der Waals surface area contributed by atoms with Crippen molar-refractivity contribution in [2.24, 2.45) is 0 Å². The highest BCUT2D eigenvalue weighted by atomic mass is 32.2. The molecule has 0 aliphatic carbocycles. The summed E-state index contributed by atoms with van der Waals surface area (Å²) >= 11 is 0. The molecule has 0 saturated carbocycles. The predicted molar refractivity (Wildman–Crippen MR) is 127 cm³/mol. The fourth-order valence-electron chi connectivity index (χ4n) is 3.71. The van der Waals surface area contributed by atoms with E-state index in [4.69, 9.17) is 0 Å². The van der Waals surface area contributed by atoms with Crippen molar-refractivity contribution in [2.75, 3.05) is 10.6 Å². The van der Waals surface area contributed by atoms with Crippen molar-refractivity contribution < 1.29 is 18.0 Å². The van der Waals surface area contributed by atoms with Crippen molar-refractivity contribution in [3.05, 3.63) is 89.5 Å². The molecule has 33 heavy (non-hydrogen) atoms. The molecule has 2 amide bonds. The van der Waals surface area contributed by atoms with E-state index >= 15 is 0 Å². The first-order valence-electron chi connectivity index (χ1n) is 10.8.